The van der Waals surface area contributed by atoms with Gasteiger partial charge in [0, 0.05) is 25.1 Å². The van der Waals surface area contributed by atoms with Crippen LogP contribution in [-0.4, -0.2) is 26.0 Å². The van der Waals surface area contributed by atoms with E-state index in [2.05, 4.69) is 22.0 Å². The molecule has 0 amide bonds. The molecule has 0 unspecified atom stereocenters. The van der Waals surface area contributed by atoms with Gasteiger partial charge in [0.05, 0.1) is 11.3 Å². The minimum Gasteiger partial charge on any atom is -0.298 e. The number of hydrogen-bond donors (Lipinski definition) is 0. The van der Waals surface area contributed by atoms with Gasteiger partial charge in [-0.25, -0.2) is 0 Å². The van der Waals surface area contributed by atoms with E-state index in [4.69, 9.17) is 0 Å². The molecular weight excluding hydrogens is 228 g/mol. The van der Waals surface area contributed by atoms with Crippen molar-refractivity contribution >= 4 is 6.29 Å². The van der Waals surface area contributed by atoms with E-state index in [1.54, 1.807) is 23.3 Å². The largest absolute Gasteiger partial charge is 0.298 e. The van der Waals surface area contributed by atoms with Crippen molar-refractivity contribution in [1.29, 1.82) is 0 Å². The molecule has 0 fully saturated rings. The zero-order valence-corrected chi connectivity index (χ0v) is 10.6. The van der Waals surface area contributed by atoms with Gasteiger partial charge in [0.15, 0.2) is 6.29 Å². The monoisotopic (exact) mass is 244 g/mol. The summed E-state index contributed by atoms with van der Waals surface area (Å²) in [5.74, 6) is 0. The second kappa shape index (κ2) is 5.53. The van der Waals surface area contributed by atoms with Gasteiger partial charge in [-0.1, -0.05) is 13.3 Å². The third kappa shape index (κ3) is 2.45. The summed E-state index contributed by atoms with van der Waals surface area (Å²) in [5.41, 5.74) is 2.64. The van der Waals surface area contributed by atoms with Gasteiger partial charge in [0.2, 0.25) is 0 Å². The van der Waals surface area contributed by atoms with Crippen LogP contribution in [0, 0.1) is 6.92 Å². The molecule has 2 aromatic rings. The summed E-state index contributed by atoms with van der Waals surface area (Å²) in [4.78, 5) is 19.5. The maximum Gasteiger partial charge on any atom is 0.153 e. The van der Waals surface area contributed by atoms with E-state index >= 15 is 0 Å². The van der Waals surface area contributed by atoms with Crippen molar-refractivity contribution in [2.75, 3.05) is 0 Å². The average molecular weight is 244 g/mol. The van der Waals surface area contributed by atoms with Crippen LogP contribution in [-0.2, 0) is 6.54 Å². The van der Waals surface area contributed by atoms with Crippen LogP contribution in [0.3, 0.4) is 0 Å². The SMILES string of the molecule is CCCCn1cc(C=O)c(-c2nccnc2C)n1. The van der Waals surface area contributed by atoms with Crippen LogP contribution in [0.2, 0.25) is 0 Å². The fourth-order valence-corrected chi connectivity index (χ4v) is 1.78. The highest BCUT2D eigenvalue weighted by Gasteiger charge is 2.14. The number of rotatable bonds is 5. The summed E-state index contributed by atoms with van der Waals surface area (Å²) >= 11 is 0. The molecule has 0 N–H and O–H groups in total. The number of aldehydes is 1. The van der Waals surface area contributed by atoms with Crippen molar-refractivity contribution in [1.82, 2.24) is 19.7 Å². The second-order valence-electron chi connectivity index (χ2n) is 4.16. The van der Waals surface area contributed by atoms with Gasteiger partial charge < -0.3 is 0 Å². The molecule has 0 spiro atoms. The summed E-state index contributed by atoms with van der Waals surface area (Å²) in [6.45, 7) is 4.80. The molecule has 0 aliphatic heterocycles. The Bertz CT molecular complexity index is 548. The van der Waals surface area contributed by atoms with Gasteiger partial charge in [0.1, 0.15) is 11.4 Å². The lowest BCUT2D eigenvalue weighted by Crippen LogP contribution is -1.99. The van der Waals surface area contributed by atoms with Gasteiger partial charge in [-0.15, -0.1) is 0 Å². The van der Waals surface area contributed by atoms with E-state index in [9.17, 15) is 4.79 Å². The summed E-state index contributed by atoms with van der Waals surface area (Å²) in [6, 6.07) is 0. The predicted octanol–water partition coefficient (Wildman–Crippen LogP) is 2.26. The van der Waals surface area contributed by atoms with Crippen molar-refractivity contribution in [2.24, 2.45) is 0 Å². The van der Waals surface area contributed by atoms with Crippen molar-refractivity contribution < 1.29 is 4.79 Å². The lowest BCUT2D eigenvalue weighted by Gasteiger charge is -2.00. The zero-order valence-electron chi connectivity index (χ0n) is 10.6. The van der Waals surface area contributed by atoms with Gasteiger partial charge in [-0.05, 0) is 13.3 Å². The highest BCUT2D eigenvalue weighted by Crippen LogP contribution is 2.20. The third-order valence-corrected chi connectivity index (χ3v) is 2.76. The number of nitrogens with zero attached hydrogens (tertiary/aromatic N) is 4. The summed E-state index contributed by atoms with van der Waals surface area (Å²) in [6.07, 6.45) is 7.97. The number of aromatic nitrogens is 4. The minimum atomic E-state index is 0.565. The Morgan fingerprint density at radius 3 is 2.72 bits per heavy atom. The molecule has 0 radical (unpaired) electrons. The molecule has 5 heteroatoms. The minimum absolute atomic E-state index is 0.565. The molecule has 0 atom stereocenters. The molecule has 2 rings (SSSR count). The lowest BCUT2D eigenvalue weighted by atomic mass is 10.2. The maximum absolute atomic E-state index is 11.1. The average Bonchev–Trinajstić information content (AvgIpc) is 2.80. The van der Waals surface area contributed by atoms with Crippen molar-refractivity contribution in [3.05, 3.63) is 29.8 Å². The Hall–Kier alpha value is -2.04. The van der Waals surface area contributed by atoms with E-state index in [0.717, 1.165) is 31.4 Å². The van der Waals surface area contributed by atoms with Crippen LogP contribution in [0.25, 0.3) is 11.4 Å². The van der Waals surface area contributed by atoms with Gasteiger partial charge in [-0.3, -0.25) is 19.4 Å². The Morgan fingerprint density at radius 1 is 1.28 bits per heavy atom. The van der Waals surface area contributed by atoms with E-state index in [0.29, 0.717) is 17.0 Å². The quantitative estimate of drug-likeness (QED) is 0.757. The molecule has 94 valence electrons. The van der Waals surface area contributed by atoms with Crippen LogP contribution in [0.15, 0.2) is 18.6 Å². The van der Waals surface area contributed by atoms with Crippen molar-refractivity contribution in [2.45, 2.75) is 33.2 Å². The first kappa shape index (κ1) is 12.4. The van der Waals surface area contributed by atoms with E-state index < -0.39 is 0 Å². The second-order valence-corrected chi connectivity index (χ2v) is 4.16. The maximum atomic E-state index is 11.1. The summed E-state index contributed by atoms with van der Waals surface area (Å²) in [5, 5.41) is 4.43. The van der Waals surface area contributed by atoms with Crippen molar-refractivity contribution in [3.63, 3.8) is 0 Å². The fraction of sp³-hybridized carbons (Fsp3) is 0.385. The molecule has 0 aromatic carbocycles. The van der Waals surface area contributed by atoms with Gasteiger partial charge >= 0.3 is 0 Å². The first-order valence-electron chi connectivity index (χ1n) is 6.07. The molecule has 0 saturated carbocycles. The molecule has 0 aliphatic rings. The fourth-order valence-electron chi connectivity index (χ4n) is 1.78. The third-order valence-electron chi connectivity index (χ3n) is 2.76. The number of aryl methyl sites for hydroxylation is 2. The lowest BCUT2D eigenvalue weighted by molar-refractivity contribution is 0.112. The van der Waals surface area contributed by atoms with Crippen LogP contribution >= 0.6 is 0 Å². The highest BCUT2D eigenvalue weighted by molar-refractivity contribution is 5.84. The Balaban J connectivity index is 2.40. The molecule has 5 nitrogen and oxygen atoms in total. The Morgan fingerprint density at radius 2 is 2.06 bits per heavy atom. The smallest absolute Gasteiger partial charge is 0.153 e. The molecule has 0 aliphatic carbocycles. The zero-order chi connectivity index (χ0) is 13.0. The van der Waals surface area contributed by atoms with Gasteiger partial charge in [-0.2, -0.15) is 5.10 Å². The number of carbonyl (C=O) groups excluding carboxylic acids is 1. The Labute approximate surface area is 106 Å². The van der Waals surface area contributed by atoms with E-state index in [1.165, 1.54) is 0 Å². The molecule has 0 bridgehead atoms. The predicted molar refractivity (Wildman–Crippen MR) is 68.3 cm³/mol. The number of carbonyl (C=O) groups is 1. The normalized spacial score (nSPS) is 10.6. The molecular formula is C13H16N4O. The molecule has 2 aromatic heterocycles. The standard InChI is InChI=1S/C13H16N4O/c1-3-4-7-17-8-11(9-18)13(16-17)12-10(2)14-5-6-15-12/h5-6,8-9H,3-4,7H2,1-2H3. The van der Waals surface area contributed by atoms with Crippen LogP contribution in [0.4, 0.5) is 0 Å². The molecule has 2 heterocycles. The van der Waals surface area contributed by atoms with Gasteiger partial charge in [0.25, 0.3) is 0 Å². The van der Waals surface area contributed by atoms with Crippen LogP contribution in [0.1, 0.15) is 35.8 Å². The topological polar surface area (TPSA) is 60.7 Å². The van der Waals surface area contributed by atoms with Crippen LogP contribution < -0.4 is 0 Å². The first-order valence-corrected chi connectivity index (χ1v) is 6.07. The Kier molecular flexibility index (Phi) is 3.82. The number of unbranched alkanes of at least 4 members (excludes halogenated alkanes) is 1. The van der Waals surface area contributed by atoms with E-state index in [1.807, 2.05) is 6.92 Å². The van der Waals surface area contributed by atoms with Crippen molar-refractivity contribution in [3.8, 4) is 11.4 Å². The van der Waals surface area contributed by atoms with Crippen LogP contribution in [0.5, 0.6) is 0 Å². The number of hydrogen-bond acceptors (Lipinski definition) is 4. The molecule has 0 saturated heterocycles. The first-order chi connectivity index (χ1) is 8.76. The molecule has 18 heavy (non-hydrogen) atoms. The summed E-state index contributed by atoms with van der Waals surface area (Å²) in [7, 11) is 0. The summed E-state index contributed by atoms with van der Waals surface area (Å²) < 4.78 is 1.80. The highest BCUT2D eigenvalue weighted by atomic mass is 16.1. The van der Waals surface area contributed by atoms with E-state index in [-0.39, 0.29) is 0 Å².